The van der Waals surface area contributed by atoms with Crippen molar-refractivity contribution in [1.82, 2.24) is 14.5 Å². The van der Waals surface area contributed by atoms with Crippen LogP contribution in [0.2, 0.25) is 0 Å². The smallest absolute Gasteiger partial charge is 0.440 e. The van der Waals surface area contributed by atoms with Gasteiger partial charge in [-0.25, -0.2) is 18.4 Å². The quantitative estimate of drug-likeness (QED) is 0.201. The summed E-state index contributed by atoms with van der Waals surface area (Å²) in [6.07, 6.45) is -6.76. The van der Waals surface area contributed by atoms with Gasteiger partial charge < -0.3 is 23.6 Å². The van der Waals surface area contributed by atoms with Gasteiger partial charge >= 0.3 is 12.5 Å². The molecule has 234 valence electrons. The van der Waals surface area contributed by atoms with E-state index in [-0.39, 0.29) is 69.4 Å². The minimum atomic E-state index is -4.73. The summed E-state index contributed by atoms with van der Waals surface area (Å²) < 4.78 is 109. The van der Waals surface area contributed by atoms with Crippen LogP contribution in [0.1, 0.15) is 17.4 Å². The molecule has 6 rings (SSSR count). The Morgan fingerprint density at radius 3 is 2.33 bits per heavy atom. The summed E-state index contributed by atoms with van der Waals surface area (Å²) in [7, 11) is -3.57. The fraction of sp³-hybridized carbons (Fsp3) is 0.200. The highest BCUT2D eigenvalue weighted by Gasteiger charge is 2.43. The zero-order valence-corrected chi connectivity index (χ0v) is 24.2. The van der Waals surface area contributed by atoms with Crippen LogP contribution in [0.3, 0.4) is 0 Å². The van der Waals surface area contributed by atoms with Gasteiger partial charge in [0.2, 0.25) is 0 Å². The molecule has 0 amide bonds. The molecule has 1 aliphatic rings. The first-order valence-electron chi connectivity index (χ1n) is 13.2. The average molecular weight is 648 g/mol. The molecule has 0 bridgehead atoms. The third-order valence-corrected chi connectivity index (χ3v) is 8.05. The van der Waals surface area contributed by atoms with Crippen molar-refractivity contribution >= 4 is 9.84 Å². The summed E-state index contributed by atoms with van der Waals surface area (Å²) in [5.41, 5.74) is 0.589. The lowest BCUT2D eigenvalue weighted by molar-refractivity contribution is -0.286. The molecule has 1 aliphatic heterocycles. The Hall–Kier alpha value is -4.76. The molecule has 3 heterocycles. The molecule has 0 saturated carbocycles. The van der Waals surface area contributed by atoms with Crippen molar-refractivity contribution in [1.29, 1.82) is 0 Å². The predicted octanol–water partition coefficient (Wildman–Crippen LogP) is 6.45. The number of hydrogen-bond acceptors (Lipinski definition) is 8. The molecule has 0 atom stereocenters. The molecule has 0 fully saturated rings. The van der Waals surface area contributed by atoms with Gasteiger partial charge in [-0.2, -0.15) is 13.2 Å². The van der Waals surface area contributed by atoms with Crippen molar-refractivity contribution < 1.29 is 49.4 Å². The molecule has 0 saturated heterocycles. The van der Waals surface area contributed by atoms with E-state index in [4.69, 9.17) is 4.42 Å². The summed E-state index contributed by atoms with van der Waals surface area (Å²) in [5, 5.41) is 9.59. The van der Waals surface area contributed by atoms with Crippen LogP contribution < -0.4 is 9.47 Å². The zero-order chi connectivity index (χ0) is 32.3. The molecule has 0 aliphatic carbocycles. The van der Waals surface area contributed by atoms with E-state index in [1.807, 2.05) is 0 Å². The number of fused-ring (bicyclic) bond motifs is 1. The number of aromatic nitrogens is 3. The van der Waals surface area contributed by atoms with Crippen LogP contribution in [0.5, 0.6) is 11.5 Å². The molecule has 9 nitrogen and oxygen atoms in total. The Bertz CT molecular complexity index is 2050. The van der Waals surface area contributed by atoms with E-state index in [2.05, 4.69) is 19.4 Å². The number of sulfone groups is 1. The van der Waals surface area contributed by atoms with E-state index in [1.54, 1.807) is 24.3 Å². The molecule has 3 aromatic carbocycles. The van der Waals surface area contributed by atoms with Crippen LogP contribution in [0, 0.1) is 6.92 Å². The van der Waals surface area contributed by atoms with Crippen molar-refractivity contribution in [2.75, 3.05) is 12.9 Å². The minimum absolute atomic E-state index is 0.00124. The lowest BCUT2D eigenvalue weighted by Gasteiger charge is -2.14. The predicted molar refractivity (Wildman–Crippen MR) is 150 cm³/mol. The van der Waals surface area contributed by atoms with Gasteiger partial charge in [0.25, 0.3) is 0 Å². The van der Waals surface area contributed by atoms with E-state index in [9.17, 15) is 35.5 Å². The van der Waals surface area contributed by atoms with Crippen LogP contribution in [0.15, 0.2) is 76.2 Å². The van der Waals surface area contributed by atoms with Gasteiger partial charge in [-0.3, -0.25) is 0 Å². The second-order valence-electron chi connectivity index (χ2n) is 10.2. The van der Waals surface area contributed by atoms with E-state index in [0.717, 1.165) is 12.5 Å². The Balaban J connectivity index is 1.60. The fourth-order valence-electron chi connectivity index (χ4n) is 4.91. The number of rotatable bonds is 7. The molecule has 45 heavy (non-hydrogen) atoms. The number of alkyl halides is 5. The average Bonchev–Trinajstić information content (AvgIpc) is 3.65. The highest BCUT2D eigenvalue weighted by Crippen LogP contribution is 2.45. The summed E-state index contributed by atoms with van der Waals surface area (Å²) in [5.74, 6) is -0.407. The molecule has 5 aromatic rings. The van der Waals surface area contributed by atoms with Crippen molar-refractivity contribution in [3.05, 3.63) is 84.3 Å². The number of nitrogens with zero attached hydrogens (tertiary/aromatic N) is 3. The van der Waals surface area contributed by atoms with Crippen molar-refractivity contribution in [2.45, 2.75) is 30.7 Å². The Morgan fingerprint density at radius 1 is 0.933 bits per heavy atom. The third kappa shape index (κ3) is 5.88. The van der Waals surface area contributed by atoms with E-state index < -0.39 is 28.0 Å². The SMILES string of the molecule is Cc1nc(C(F)(F)F)cn1-c1ccc(-c2cccc(S(C)(=O)=O)c2)cc1-c1nc(CCO)oc1-c1ccc2c(c1)OC(F)(F)O2. The number of ether oxygens (including phenoxy) is 2. The fourth-order valence-corrected chi connectivity index (χ4v) is 5.58. The molecule has 15 heteroatoms. The Morgan fingerprint density at radius 2 is 1.64 bits per heavy atom. The number of halogens is 5. The summed E-state index contributed by atoms with van der Waals surface area (Å²) in [4.78, 5) is 8.26. The zero-order valence-electron chi connectivity index (χ0n) is 23.4. The lowest BCUT2D eigenvalue weighted by atomic mass is 9.98. The van der Waals surface area contributed by atoms with Crippen LogP contribution in [-0.4, -0.2) is 47.2 Å². The standard InChI is InChI=1S/C30H22F5N3O6S/c1-16-36-25(29(31,32)33)15-38(16)22-8-6-18(17-4-3-5-20(12-17)45(2,40)41)13-21(22)27-28(42-26(37-27)10-11-39)19-7-9-23-24(14-19)44-30(34,35)43-23/h3-9,12-15,39H,10-11H2,1-2H3. The molecular weight excluding hydrogens is 625 g/mol. The number of oxazole rings is 1. The van der Waals surface area contributed by atoms with Crippen LogP contribution in [0.4, 0.5) is 22.0 Å². The molecule has 0 spiro atoms. The second kappa shape index (κ2) is 10.7. The maximum absolute atomic E-state index is 13.8. The highest BCUT2D eigenvalue weighted by molar-refractivity contribution is 7.90. The number of hydrogen-bond donors (Lipinski definition) is 1. The van der Waals surface area contributed by atoms with Crippen molar-refractivity contribution in [3.8, 4) is 50.9 Å². The number of benzene rings is 3. The number of imidazole rings is 1. The molecule has 0 unspecified atom stereocenters. The molecular formula is C30H22F5N3O6S. The summed E-state index contributed by atoms with van der Waals surface area (Å²) in [6, 6.07) is 14.7. The number of aryl methyl sites for hydroxylation is 1. The Kier molecular flexibility index (Phi) is 7.20. The number of aliphatic hydroxyl groups is 1. The van der Waals surface area contributed by atoms with E-state index >= 15 is 0 Å². The lowest BCUT2D eigenvalue weighted by Crippen LogP contribution is -2.25. The maximum Gasteiger partial charge on any atom is 0.586 e. The van der Waals surface area contributed by atoms with E-state index in [0.29, 0.717) is 11.1 Å². The first kappa shape index (κ1) is 30.3. The molecule has 1 N–H and O–H groups in total. The largest absolute Gasteiger partial charge is 0.586 e. The molecule has 0 radical (unpaired) electrons. The minimum Gasteiger partial charge on any atom is -0.440 e. The first-order chi connectivity index (χ1) is 21.1. The van der Waals surface area contributed by atoms with Gasteiger partial charge in [0.1, 0.15) is 11.5 Å². The van der Waals surface area contributed by atoms with Gasteiger partial charge in [0, 0.05) is 30.0 Å². The monoisotopic (exact) mass is 647 g/mol. The van der Waals surface area contributed by atoms with Crippen LogP contribution >= 0.6 is 0 Å². The molecule has 2 aromatic heterocycles. The highest BCUT2D eigenvalue weighted by atomic mass is 32.2. The first-order valence-corrected chi connectivity index (χ1v) is 15.1. The second-order valence-corrected chi connectivity index (χ2v) is 12.2. The normalized spacial score (nSPS) is 14.2. The van der Waals surface area contributed by atoms with Gasteiger partial charge in [0.15, 0.2) is 38.7 Å². The summed E-state index contributed by atoms with van der Waals surface area (Å²) >= 11 is 0. The van der Waals surface area contributed by atoms with Gasteiger partial charge in [0.05, 0.1) is 17.2 Å². The van der Waals surface area contributed by atoms with Crippen LogP contribution in [-0.2, 0) is 22.4 Å². The van der Waals surface area contributed by atoms with Gasteiger partial charge in [-0.1, -0.05) is 18.2 Å². The third-order valence-electron chi connectivity index (χ3n) is 6.94. The van der Waals surface area contributed by atoms with Gasteiger partial charge in [-0.15, -0.1) is 8.78 Å². The van der Waals surface area contributed by atoms with Gasteiger partial charge in [-0.05, 0) is 60.5 Å². The van der Waals surface area contributed by atoms with E-state index in [1.165, 1.54) is 47.9 Å². The number of aliphatic hydroxyl groups excluding tert-OH is 1. The van der Waals surface area contributed by atoms with Crippen LogP contribution in [0.25, 0.3) is 39.4 Å². The Labute approximate surface area is 252 Å². The topological polar surface area (TPSA) is 117 Å². The van der Waals surface area contributed by atoms with Crippen molar-refractivity contribution in [2.24, 2.45) is 0 Å². The maximum atomic E-state index is 13.8. The van der Waals surface area contributed by atoms with Crippen molar-refractivity contribution in [3.63, 3.8) is 0 Å². The summed E-state index contributed by atoms with van der Waals surface area (Å²) in [6.45, 7) is 1.04.